The van der Waals surface area contributed by atoms with Crippen LogP contribution in [-0.2, 0) is 20.6 Å². The molecule has 0 aliphatic carbocycles. The zero-order chi connectivity index (χ0) is 21.3. The van der Waals surface area contributed by atoms with Crippen LogP contribution in [0.2, 0.25) is 0 Å². The third-order valence-electron chi connectivity index (χ3n) is 3.29. The third kappa shape index (κ3) is 8.36. The maximum Gasteiger partial charge on any atom is 1.00 e. The number of rotatable bonds is 6. The van der Waals surface area contributed by atoms with E-state index < -0.39 is 0 Å². The Morgan fingerprint density at radius 1 is 1.29 bits per heavy atom. The SMILES string of the molecule is O=C1C(Cc2ccc(OC#CSc3n[nH]c(=S)s3)cc2)SC(=S)N1C#CSOO[O-].[Na+]. The van der Waals surface area contributed by atoms with Crippen LogP contribution in [0, 0.1) is 26.6 Å². The summed E-state index contributed by atoms with van der Waals surface area (Å²) >= 11 is 14.4. The van der Waals surface area contributed by atoms with Gasteiger partial charge in [0.1, 0.15) is 23.9 Å². The third-order valence-corrected chi connectivity index (χ3v) is 6.94. The van der Waals surface area contributed by atoms with Gasteiger partial charge in [0.05, 0.1) is 5.25 Å². The van der Waals surface area contributed by atoms with Crippen molar-refractivity contribution in [2.75, 3.05) is 0 Å². The minimum Gasteiger partial charge on any atom is -0.691 e. The van der Waals surface area contributed by atoms with Gasteiger partial charge in [-0.15, -0.1) is 0 Å². The van der Waals surface area contributed by atoms with Gasteiger partial charge in [-0.05, 0) is 48.1 Å². The number of thioether (sulfide) groups is 2. The van der Waals surface area contributed by atoms with Gasteiger partial charge in [0.15, 0.2) is 12.6 Å². The van der Waals surface area contributed by atoms with E-state index in [-0.39, 0.29) is 40.7 Å². The van der Waals surface area contributed by atoms with Crippen LogP contribution >= 0.6 is 71.3 Å². The monoisotopic (exact) mass is 537 g/mol. The number of nitrogens with one attached hydrogen (secondary N) is 1. The molecule has 1 aliphatic rings. The quantitative estimate of drug-likeness (QED) is 0.0779. The van der Waals surface area contributed by atoms with E-state index in [0.29, 0.717) is 36.8 Å². The van der Waals surface area contributed by atoms with Crippen molar-refractivity contribution in [2.45, 2.75) is 16.0 Å². The molecule has 3 rings (SSSR count). The number of amides is 1. The number of nitrogens with zero attached hydrogens (tertiary/aromatic N) is 2. The standard InChI is InChI=1S/C16H9N3O5S6.Na/c20-13-12(29-16(26)19(13)5-7-28-24-23-21)9-10-1-3-11(4-2-10)22-6-8-27-15-18-17-14(25)30-15;/h1-4,12,21H,9H2,(H,17,25);/q;+1/p-1. The number of benzene rings is 1. The second-order valence-corrected chi connectivity index (χ2v) is 10.2. The Bertz CT molecular complexity index is 1100. The van der Waals surface area contributed by atoms with Crippen molar-refractivity contribution in [3.8, 4) is 28.4 Å². The van der Waals surface area contributed by atoms with Crippen LogP contribution in [-0.4, -0.2) is 30.6 Å². The Hall–Kier alpha value is -0.590. The molecule has 31 heavy (non-hydrogen) atoms. The molecule has 1 amide bonds. The summed E-state index contributed by atoms with van der Waals surface area (Å²) in [6, 6.07) is 9.76. The molecule has 8 nitrogen and oxygen atoms in total. The van der Waals surface area contributed by atoms with Crippen molar-refractivity contribution >= 4 is 81.6 Å². The van der Waals surface area contributed by atoms with E-state index in [2.05, 4.69) is 42.2 Å². The number of H-pyrrole nitrogens is 1. The van der Waals surface area contributed by atoms with Crippen LogP contribution in [0.1, 0.15) is 5.56 Å². The van der Waals surface area contributed by atoms with Gasteiger partial charge in [-0.1, -0.05) is 47.4 Å². The number of ether oxygens (including phenoxy) is 1. The molecular formula is C16H8N3NaO5S6. The van der Waals surface area contributed by atoms with Gasteiger partial charge in [0.25, 0.3) is 5.91 Å². The van der Waals surface area contributed by atoms with Crippen LogP contribution in [0.4, 0.5) is 0 Å². The molecular weight excluding hydrogens is 530 g/mol. The van der Waals surface area contributed by atoms with E-state index in [1.807, 2.05) is 12.1 Å². The molecule has 0 bridgehead atoms. The van der Waals surface area contributed by atoms with Gasteiger partial charge in [-0.2, -0.15) is 9.43 Å². The molecule has 1 aromatic carbocycles. The molecule has 1 fully saturated rings. The number of thiocarbonyl (C=S) groups is 1. The fourth-order valence-electron chi connectivity index (χ4n) is 2.10. The molecule has 2 heterocycles. The number of aromatic nitrogens is 2. The smallest absolute Gasteiger partial charge is 0.691 e. The van der Waals surface area contributed by atoms with Crippen LogP contribution in [0.3, 0.4) is 0 Å². The minimum absolute atomic E-state index is 0. The Balaban J connectivity index is 0.00000341. The summed E-state index contributed by atoms with van der Waals surface area (Å²) in [5.41, 5.74) is 0.932. The molecule has 1 saturated heterocycles. The zero-order valence-electron chi connectivity index (χ0n) is 15.5. The number of carbonyl (C=O) groups is 1. The molecule has 0 radical (unpaired) electrons. The first-order valence-corrected chi connectivity index (χ1v) is 11.8. The van der Waals surface area contributed by atoms with Gasteiger partial charge in [-0.25, -0.2) is 4.90 Å². The van der Waals surface area contributed by atoms with Gasteiger partial charge in [-0.3, -0.25) is 14.9 Å². The van der Waals surface area contributed by atoms with Crippen molar-refractivity contribution in [3.05, 3.63) is 33.8 Å². The van der Waals surface area contributed by atoms with Gasteiger partial charge >= 0.3 is 29.6 Å². The average Bonchev–Trinajstić information content (AvgIpc) is 3.27. The summed E-state index contributed by atoms with van der Waals surface area (Å²) in [5, 5.41) is 24.3. The van der Waals surface area contributed by atoms with Crippen LogP contribution in [0.25, 0.3) is 0 Å². The van der Waals surface area contributed by atoms with Crippen molar-refractivity contribution in [2.24, 2.45) is 0 Å². The number of hydrogen-bond donors (Lipinski definition) is 1. The summed E-state index contributed by atoms with van der Waals surface area (Å²) in [6.07, 6.45) is 3.07. The van der Waals surface area contributed by atoms with Crippen LogP contribution in [0.5, 0.6) is 5.75 Å². The first-order chi connectivity index (χ1) is 14.6. The molecule has 1 aromatic heterocycles. The van der Waals surface area contributed by atoms with Gasteiger partial charge < -0.3 is 9.99 Å². The molecule has 1 unspecified atom stereocenters. The molecule has 1 N–H and O–H groups in total. The van der Waals surface area contributed by atoms with Crippen molar-refractivity contribution in [3.63, 3.8) is 0 Å². The van der Waals surface area contributed by atoms with Crippen molar-refractivity contribution < 1.29 is 53.7 Å². The van der Waals surface area contributed by atoms with Crippen molar-refractivity contribution in [1.82, 2.24) is 15.1 Å². The maximum absolute atomic E-state index is 12.5. The zero-order valence-corrected chi connectivity index (χ0v) is 22.4. The van der Waals surface area contributed by atoms with Gasteiger partial charge in [0, 0.05) is 16.5 Å². The Morgan fingerprint density at radius 3 is 2.74 bits per heavy atom. The second kappa shape index (κ2) is 13.8. The van der Waals surface area contributed by atoms with E-state index in [9.17, 15) is 10.1 Å². The van der Waals surface area contributed by atoms with E-state index in [1.165, 1.54) is 34.9 Å². The van der Waals surface area contributed by atoms with E-state index in [0.717, 1.165) is 10.5 Å². The predicted octanol–water partition coefficient (Wildman–Crippen LogP) is -0.144. The Labute approximate surface area is 226 Å². The fraction of sp³-hybridized carbons (Fsp3) is 0.125. The normalized spacial score (nSPS) is 14.9. The molecule has 154 valence electrons. The number of carbonyl (C=O) groups excluding carboxylic acids is 1. The summed E-state index contributed by atoms with van der Waals surface area (Å²) in [7, 11) is 0. The Kier molecular flexibility index (Phi) is 11.9. The molecule has 1 aliphatic heterocycles. The molecule has 15 heteroatoms. The van der Waals surface area contributed by atoms with E-state index in [4.69, 9.17) is 29.2 Å². The predicted molar refractivity (Wildman–Crippen MR) is 120 cm³/mol. The van der Waals surface area contributed by atoms with E-state index in [1.54, 1.807) is 12.1 Å². The van der Waals surface area contributed by atoms with Gasteiger partial charge in [0.2, 0.25) is 0 Å². The topological polar surface area (TPSA) is 99.7 Å². The largest absolute Gasteiger partial charge is 1.00 e. The summed E-state index contributed by atoms with van der Waals surface area (Å²) in [4.78, 5) is 13.6. The van der Waals surface area contributed by atoms with Crippen LogP contribution < -0.4 is 39.6 Å². The van der Waals surface area contributed by atoms with Crippen LogP contribution in [0.15, 0.2) is 28.6 Å². The molecule has 1 atom stereocenters. The molecule has 0 spiro atoms. The molecule has 2 aromatic rings. The second-order valence-electron chi connectivity index (χ2n) is 5.11. The summed E-state index contributed by atoms with van der Waals surface area (Å²) in [5.74, 6) is 0.346. The first-order valence-electron chi connectivity index (χ1n) is 7.72. The molecule has 0 saturated carbocycles. The first kappa shape index (κ1) is 26.7. The van der Waals surface area contributed by atoms with E-state index >= 15 is 0 Å². The number of aromatic amines is 1. The maximum atomic E-state index is 12.5. The number of hydrogen-bond acceptors (Lipinski definition) is 12. The fourth-order valence-corrected chi connectivity index (χ4v) is 5.32. The van der Waals surface area contributed by atoms with Crippen molar-refractivity contribution in [1.29, 1.82) is 0 Å². The average molecular weight is 538 g/mol. The Morgan fingerprint density at radius 2 is 2.06 bits per heavy atom. The summed E-state index contributed by atoms with van der Waals surface area (Å²) < 4.78 is 11.0. The minimum atomic E-state index is -0.388. The summed E-state index contributed by atoms with van der Waals surface area (Å²) in [6.45, 7) is 0.